The molecule has 0 saturated carbocycles. The van der Waals surface area contributed by atoms with Crippen LogP contribution in [0, 0.1) is 25.5 Å². The van der Waals surface area contributed by atoms with Crippen molar-refractivity contribution in [3.63, 3.8) is 0 Å². The lowest BCUT2D eigenvalue weighted by Crippen LogP contribution is -2.33. The fraction of sp³-hybridized carbons (Fsp3) is 0.375. The van der Waals surface area contributed by atoms with Crippen LogP contribution < -0.4 is 15.4 Å². The number of halogens is 2. The Balaban J connectivity index is 1.72. The van der Waals surface area contributed by atoms with E-state index in [4.69, 9.17) is 9.84 Å². The molecule has 0 saturated heterocycles. The number of amides is 1. The average Bonchev–Trinajstić information content (AvgIpc) is 3.11. The highest BCUT2D eigenvalue weighted by Crippen LogP contribution is 2.25. The number of hydrogen-bond donors (Lipinski definition) is 3. The molecule has 0 spiro atoms. The number of nitrogens with zero attached hydrogens (tertiary/aromatic N) is 2. The van der Waals surface area contributed by atoms with E-state index in [1.165, 1.54) is 10.6 Å². The molecule has 10 heteroatoms. The molecule has 3 aromatic rings. The molecule has 3 rings (SSSR count). The Kier molecular flexibility index (Phi) is 8.17. The first-order valence-corrected chi connectivity index (χ1v) is 11.0. The molecule has 34 heavy (non-hydrogen) atoms. The number of carbonyl (C=O) groups is 2. The molecular formula is C24H28F2N4O4. The second-order valence-corrected chi connectivity index (χ2v) is 8.05. The minimum Gasteiger partial charge on any atom is -0.480 e. The molecule has 182 valence electrons. The van der Waals surface area contributed by atoms with Gasteiger partial charge in [-0.05, 0) is 63.9 Å². The van der Waals surface area contributed by atoms with Crippen LogP contribution in [0.15, 0.2) is 30.3 Å². The molecule has 0 aliphatic heterocycles. The van der Waals surface area contributed by atoms with Crippen molar-refractivity contribution < 1.29 is 28.2 Å². The fourth-order valence-electron chi connectivity index (χ4n) is 3.71. The van der Waals surface area contributed by atoms with E-state index in [1.807, 2.05) is 6.92 Å². The third-order valence-corrected chi connectivity index (χ3v) is 5.53. The van der Waals surface area contributed by atoms with Gasteiger partial charge in [0.15, 0.2) is 0 Å². The molecule has 0 aliphatic rings. The first-order chi connectivity index (χ1) is 16.2. The van der Waals surface area contributed by atoms with E-state index >= 15 is 0 Å². The normalized spacial score (nSPS) is 12.0. The first kappa shape index (κ1) is 25.1. The molecule has 0 bridgehead atoms. The number of aliphatic carboxylic acids is 1. The maximum Gasteiger partial charge on any atom is 0.320 e. The van der Waals surface area contributed by atoms with Gasteiger partial charge in [0.05, 0.1) is 22.3 Å². The molecule has 0 radical (unpaired) electrons. The summed E-state index contributed by atoms with van der Waals surface area (Å²) < 4.78 is 35.1. The molecule has 1 aromatic carbocycles. The second-order valence-electron chi connectivity index (χ2n) is 8.05. The average molecular weight is 475 g/mol. The summed E-state index contributed by atoms with van der Waals surface area (Å²) in [5, 5.41) is 19.0. The van der Waals surface area contributed by atoms with E-state index in [2.05, 4.69) is 15.7 Å². The molecule has 0 aliphatic carbocycles. The SMILES string of the molecule is CN[C@@H](CCCCNC(=O)c1c(C)nn2c(OCc3c(F)cccc3F)cc(C)cc12)C(=O)O. The summed E-state index contributed by atoms with van der Waals surface area (Å²) in [7, 11) is 1.60. The van der Waals surface area contributed by atoms with Gasteiger partial charge in [-0.1, -0.05) is 6.07 Å². The number of carbonyl (C=O) groups excluding carboxylic acids is 1. The summed E-state index contributed by atoms with van der Waals surface area (Å²) in [6.07, 6.45) is 1.71. The first-order valence-electron chi connectivity index (χ1n) is 11.0. The van der Waals surface area contributed by atoms with Crippen LogP contribution in [0.2, 0.25) is 0 Å². The quantitative estimate of drug-likeness (QED) is 0.368. The molecular weight excluding hydrogens is 446 g/mol. The van der Waals surface area contributed by atoms with Gasteiger partial charge in [-0.2, -0.15) is 9.61 Å². The minimum absolute atomic E-state index is 0.192. The van der Waals surface area contributed by atoms with E-state index in [0.29, 0.717) is 42.6 Å². The number of carboxylic acid groups (broad SMARTS) is 1. The zero-order valence-corrected chi connectivity index (χ0v) is 19.3. The molecule has 2 heterocycles. The van der Waals surface area contributed by atoms with Crippen LogP contribution in [0.25, 0.3) is 5.52 Å². The number of fused-ring (bicyclic) bond motifs is 1. The van der Waals surface area contributed by atoms with Crippen LogP contribution >= 0.6 is 0 Å². The van der Waals surface area contributed by atoms with E-state index in [1.54, 1.807) is 26.1 Å². The van der Waals surface area contributed by atoms with Crippen LogP contribution in [0.1, 0.15) is 46.4 Å². The van der Waals surface area contributed by atoms with Crippen molar-refractivity contribution in [3.8, 4) is 5.88 Å². The van der Waals surface area contributed by atoms with Gasteiger partial charge in [-0.15, -0.1) is 0 Å². The van der Waals surface area contributed by atoms with Gasteiger partial charge in [0.25, 0.3) is 5.91 Å². The van der Waals surface area contributed by atoms with Gasteiger partial charge in [0.2, 0.25) is 5.88 Å². The number of aromatic nitrogens is 2. The summed E-state index contributed by atoms with van der Waals surface area (Å²) in [6, 6.07) is 6.46. The number of unbranched alkanes of at least 4 members (excludes halogenated alkanes) is 1. The monoisotopic (exact) mass is 474 g/mol. The van der Waals surface area contributed by atoms with E-state index in [-0.39, 0.29) is 24.0 Å². The maximum absolute atomic E-state index is 14.0. The molecule has 8 nitrogen and oxygen atoms in total. The Labute approximate surface area is 195 Å². The fourth-order valence-corrected chi connectivity index (χ4v) is 3.71. The van der Waals surface area contributed by atoms with Gasteiger partial charge >= 0.3 is 5.97 Å². The topological polar surface area (TPSA) is 105 Å². The molecule has 3 N–H and O–H groups in total. The largest absolute Gasteiger partial charge is 0.480 e. The Morgan fingerprint density at radius 1 is 1.18 bits per heavy atom. The number of pyridine rings is 1. The van der Waals surface area contributed by atoms with Gasteiger partial charge in [-0.3, -0.25) is 9.59 Å². The molecule has 0 fully saturated rings. The minimum atomic E-state index is -0.903. The zero-order chi connectivity index (χ0) is 24.8. The summed E-state index contributed by atoms with van der Waals surface area (Å²) in [5.41, 5.74) is 1.97. The number of aryl methyl sites for hydroxylation is 2. The summed E-state index contributed by atoms with van der Waals surface area (Å²) in [6.45, 7) is 3.57. The van der Waals surface area contributed by atoms with Gasteiger partial charge in [0, 0.05) is 12.6 Å². The van der Waals surface area contributed by atoms with Gasteiger partial charge in [0.1, 0.15) is 24.3 Å². The smallest absolute Gasteiger partial charge is 0.320 e. The van der Waals surface area contributed by atoms with Crippen molar-refractivity contribution in [3.05, 3.63) is 64.4 Å². The predicted octanol–water partition coefficient (Wildman–Crippen LogP) is 3.38. The highest BCUT2D eigenvalue weighted by Gasteiger charge is 2.20. The Hall–Kier alpha value is -3.53. The molecule has 0 unspecified atom stereocenters. The number of hydrogen-bond acceptors (Lipinski definition) is 5. The summed E-state index contributed by atoms with van der Waals surface area (Å²) >= 11 is 0. The van der Waals surface area contributed by atoms with Crippen molar-refractivity contribution in [2.75, 3.05) is 13.6 Å². The van der Waals surface area contributed by atoms with Crippen molar-refractivity contribution in [2.24, 2.45) is 0 Å². The lowest BCUT2D eigenvalue weighted by molar-refractivity contribution is -0.139. The third-order valence-electron chi connectivity index (χ3n) is 5.53. The Morgan fingerprint density at radius 3 is 2.53 bits per heavy atom. The lowest BCUT2D eigenvalue weighted by Gasteiger charge is -2.11. The van der Waals surface area contributed by atoms with Crippen molar-refractivity contribution >= 4 is 17.4 Å². The van der Waals surface area contributed by atoms with Crippen LogP contribution in [-0.4, -0.2) is 46.2 Å². The van der Waals surface area contributed by atoms with Crippen LogP contribution in [-0.2, 0) is 11.4 Å². The number of nitrogens with one attached hydrogen (secondary N) is 2. The number of likely N-dealkylation sites (N-methyl/N-ethyl adjacent to an activating group) is 1. The summed E-state index contributed by atoms with van der Waals surface area (Å²) in [5.74, 6) is -2.37. The number of ether oxygens (including phenoxy) is 1. The Bertz CT molecular complexity index is 1180. The second kappa shape index (κ2) is 11.1. The van der Waals surface area contributed by atoms with Crippen molar-refractivity contribution in [1.82, 2.24) is 20.2 Å². The highest BCUT2D eigenvalue weighted by molar-refractivity contribution is 6.02. The molecule has 2 aromatic heterocycles. The molecule has 1 amide bonds. The van der Waals surface area contributed by atoms with Gasteiger partial charge in [-0.25, -0.2) is 8.78 Å². The predicted molar refractivity (Wildman–Crippen MR) is 122 cm³/mol. The van der Waals surface area contributed by atoms with Crippen molar-refractivity contribution in [2.45, 2.75) is 45.8 Å². The van der Waals surface area contributed by atoms with Crippen molar-refractivity contribution in [1.29, 1.82) is 0 Å². The van der Waals surface area contributed by atoms with E-state index in [9.17, 15) is 18.4 Å². The number of carboxylic acids is 1. The summed E-state index contributed by atoms with van der Waals surface area (Å²) in [4.78, 5) is 23.9. The molecule has 1 atom stereocenters. The standard InChI is InChI=1S/C24H28F2N4O4/c1-14-11-20-22(23(31)28-10-5-4-9-19(27-3)24(32)33)15(2)29-30(20)21(12-14)34-13-16-17(25)7-6-8-18(16)26/h6-8,11-12,19,27H,4-5,9-10,13H2,1-3H3,(H,28,31)(H,32,33)/t19-/m0/s1. The number of benzene rings is 1. The maximum atomic E-state index is 14.0. The van der Waals surface area contributed by atoms with E-state index in [0.717, 1.165) is 17.7 Å². The van der Waals surface area contributed by atoms with Crippen LogP contribution in [0.3, 0.4) is 0 Å². The van der Waals surface area contributed by atoms with E-state index < -0.39 is 23.6 Å². The zero-order valence-electron chi connectivity index (χ0n) is 19.3. The van der Waals surface area contributed by atoms with Crippen LogP contribution in [0.4, 0.5) is 8.78 Å². The third kappa shape index (κ3) is 5.69. The van der Waals surface area contributed by atoms with Gasteiger partial charge < -0.3 is 20.5 Å². The van der Waals surface area contributed by atoms with Crippen LogP contribution in [0.5, 0.6) is 5.88 Å². The number of rotatable bonds is 11. The highest BCUT2D eigenvalue weighted by atomic mass is 19.1. The Morgan fingerprint density at radius 2 is 1.88 bits per heavy atom. The lowest BCUT2D eigenvalue weighted by atomic mass is 10.1.